The highest BCUT2D eigenvalue weighted by atomic mass is 19.1. The molecule has 0 fully saturated rings. The number of aryl methyl sites for hydroxylation is 1. The highest BCUT2D eigenvalue weighted by Gasteiger charge is 2.16. The monoisotopic (exact) mass is 283 g/mol. The number of rotatable bonds is 2. The molecule has 2 nitrogen and oxygen atoms in total. The average molecular weight is 283 g/mol. The van der Waals surface area contributed by atoms with Gasteiger partial charge >= 0.3 is 0 Å². The standard InChI is InChI=1S/C18H18FNO/c1-12-5-7-14(18(2,3)4)10-17(12)21-16-8-6-13(11-20)9-15(16)19/h5-10H,1-4H3. The topological polar surface area (TPSA) is 33.0 Å². The zero-order valence-corrected chi connectivity index (χ0v) is 12.7. The zero-order chi connectivity index (χ0) is 15.6. The van der Waals surface area contributed by atoms with Gasteiger partial charge in [-0.25, -0.2) is 4.39 Å². The van der Waals surface area contributed by atoms with Gasteiger partial charge in [-0.2, -0.15) is 5.26 Å². The number of nitrogens with zero attached hydrogens (tertiary/aromatic N) is 1. The Balaban J connectivity index is 2.38. The highest BCUT2D eigenvalue weighted by molar-refractivity contribution is 5.43. The van der Waals surface area contributed by atoms with E-state index in [0.717, 1.165) is 11.1 Å². The molecule has 0 aliphatic carbocycles. The lowest BCUT2D eigenvalue weighted by atomic mass is 9.86. The van der Waals surface area contributed by atoms with Crippen LogP contribution in [0.1, 0.15) is 37.5 Å². The number of nitriles is 1. The van der Waals surface area contributed by atoms with Gasteiger partial charge in [-0.1, -0.05) is 32.9 Å². The van der Waals surface area contributed by atoms with Crippen molar-refractivity contribution in [2.75, 3.05) is 0 Å². The van der Waals surface area contributed by atoms with Crippen molar-refractivity contribution < 1.29 is 9.13 Å². The Kier molecular flexibility index (Phi) is 3.99. The van der Waals surface area contributed by atoms with Gasteiger partial charge < -0.3 is 4.74 Å². The number of halogens is 1. The Morgan fingerprint density at radius 1 is 1.05 bits per heavy atom. The van der Waals surface area contributed by atoms with E-state index >= 15 is 0 Å². The molecule has 21 heavy (non-hydrogen) atoms. The van der Waals surface area contributed by atoms with Gasteiger partial charge in [-0.3, -0.25) is 0 Å². The van der Waals surface area contributed by atoms with E-state index in [1.807, 2.05) is 25.1 Å². The van der Waals surface area contributed by atoms with Gasteiger partial charge in [0.1, 0.15) is 5.75 Å². The third-order valence-electron chi connectivity index (χ3n) is 3.34. The number of hydrogen-bond donors (Lipinski definition) is 0. The summed E-state index contributed by atoms with van der Waals surface area (Å²) in [6.07, 6.45) is 0. The van der Waals surface area contributed by atoms with E-state index in [9.17, 15) is 4.39 Å². The Labute approximate surface area is 124 Å². The maximum Gasteiger partial charge on any atom is 0.167 e. The summed E-state index contributed by atoms with van der Waals surface area (Å²) in [5.74, 6) is 0.226. The molecule has 0 unspecified atom stereocenters. The maximum absolute atomic E-state index is 13.9. The van der Waals surface area contributed by atoms with Crippen molar-refractivity contribution in [2.24, 2.45) is 0 Å². The van der Waals surface area contributed by atoms with Crippen LogP contribution < -0.4 is 4.74 Å². The smallest absolute Gasteiger partial charge is 0.167 e. The van der Waals surface area contributed by atoms with E-state index in [-0.39, 0.29) is 16.7 Å². The van der Waals surface area contributed by atoms with E-state index in [1.54, 1.807) is 6.07 Å². The van der Waals surface area contributed by atoms with Crippen LogP contribution >= 0.6 is 0 Å². The lowest BCUT2D eigenvalue weighted by Gasteiger charge is -2.21. The van der Waals surface area contributed by atoms with Crippen molar-refractivity contribution in [3.8, 4) is 17.6 Å². The van der Waals surface area contributed by atoms with Crippen LogP contribution in [0.25, 0.3) is 0 Å². The molecule has 3 heteroatoms. The summed E-state index contributed by atoms with van der Waals surface area (Å²) < 4.78 is 19.6. The summed E-state index contributed by atoms with van der Waals surface area (Å²) in [7, 11) is 0. The van der Waals surface area contributed by atoms with Crippen LogP contribution in [0.5, 0.6) is 11.5 Å². The van der Waals surface area contributed by atoms with Crippen molar-refractivity contribution in [3.63, 3.8) is 0 Å². The molecule has 0 aromatic heterocycles. The van der Waals surface area contributed by atoms with E-state index in [2.05, 4.69) is 26.8 Å². The molecule has 0 atom stereocenters. The molecular formula is C18H18FNO. The van der Waals surface area contributed by atoms with E-state index in [0.29, 0.717) is 5.75 Å². The van der Waals surface area contributed by atoms with Gasteiger partial charge in [0.25, 0.3) is 0 Å². The molecule has 2 aromatic rings. The maximum atomic E-state index is 13.9. The lowest BCUT2D eigenvalue weighted by molar-refractivity contribution is 0.437. The van der Waals surface area contributed by atoms with Gasteiger partial charge in [-0.05, 0) is 47.7 Å². The molecule has 0 aliphatic rings. The minimum atomic E-state index is -0.533. The van der Waals surface area contributed by atoms with Crippen molar-refractivity contribution in [2.45, 2.75) is 33.1 Å². The van der Waals surface area contributed by atoms with Gasteiger partial charge in [0, 0.05) is 0 Å². The summed E-state index contributed by atoms with van der Waals surface area (Å²) in [5.41, 5.74) is 2.33. The number of benzene rings is 2. The molecule has 0 spiro atoms. The number of hydrogen-bond acceptors (Lipinski definition) is 2. The van der Waals surface area contributed by atoms with E-state index in [4.69, 9.17) is 10.00 Å². The van der Waals surface area contributed by atoms with Gasteiger partial charge in [0.15, 0.2) is 11.6 Å². The molecule has 0 amide bonds. The molecule has 2 rings (SSSR count). The Bertz CT molecular complexity index is 708. The molecule has 2 aromatic carbocycles. The normalized spacial score (nSPS) is 11.0. The van der Waals surface area contributed by atoms with Crippen LogP contribution in [0.3, 0.4) is 0 Å². The predicted octanol–water partition coefficient (Wildman–Crippen LogP) is 5.10. The van der Waals surface area contributed by atoms with Gasteiger partial charge in [0.2, 0.25) is 0 Å². The summed E-state index contributed by atoms with van der Waals surface area (Å²) in [6, 6.07) is 12.1. The largest absolute Gasteiger partial charge is 0.454 e. The van der Waals surface area contributed by atoms with E-state index < -0.39 is 5.82 Å². The minimum absolute atomic E-state index is 0.00494. The fraction of sp³-hybridized carbons (Fsp3) is 0.278. The Morgan fingerprint density at radius 3 is 2.33 bits per heavy atom. The molecule has 0 bridgehead atoms. The van der Waals surface area contributed by atoms with Crippen molar-refractivity contribution in [1.82, 2.24) is 0 Å². The molecule has 0 saturated heterocycles. The molecular weight excluding hydrogens is 265 g/mol. The fourth-order valence-electron chi connectivity index (χ4n) is 1.95. The fourth-order valence-corrected chi connectivity index (χ4v) is 1.95. The lowest BCUT2D eigenvalue weighted by Crippen LogP contribution is -2.11. The first kappa shape index (κ1) is 15.1. The minimum Gasteiger partial charge on any atom is -0.454 e. The second kappa shape index (κ2) is 5.57. The van der Waals surface area contributed by atoms with Crippen LogP contribution in [0.4, 0.5) is 4.39 Å². The first-order valence-electron chi connectivity index (χ1n) is 6.80. The Morgan fingerprint density at radius 2 is 1.76 bits per heavy atom. The zero-order valence-electron chi connectivity index (χ0n) is 12.7. The summed E-state index contributed by atoms with van der Waals surface area (Å²) in [5, 5.41) is 8.76. The first-order chi connectivity index (χ1) is 9.81. The van der Waals surface area contributed by atoms with E-state index in [1.165, 1.54) is 12.1 Å². The van der Waals surface area contributed by atoms with Gasteiger partial charge in [0.05, 0.1) is 11.6 Å². The molecule has 0 N–H and O–H groups in total. The van der Waals surface area contributed by atoms with Crippen molar-refractivity contribution >= 4 is 0 Å². The highest BCUT2D eigenvalue weighted by Crippen LogP contribution is 2.32. The average Bonchev–Trinajstić information content (AvgIpc) is 2.42. The molecule has 108 valence electrons. The second-order valence-corrected chi connectivity index (χ2v) is 6.09. The molecule has 0 heterocycles. The van der Waals surface area contributed by atoms with Crippen LogP contribution in [-0.2, 0) is 5.41 Å². The van der Waals surface area contributed by atoms with Gasteiger partial charge in [-0.15, -0.1) is 0 Å². The first-order valence-corrected chi connectivity index (χ1v) is 6.80. The van der Waals surface area contributed by atoms with Crippen LogP contribution in [0, 0.1) is 24.1 Å². The molecule has 0 aliphatic heterocycles. The molecule has 0 saturated carbocycles. The summed E-state index contributed by atoms with van der Waals surface area (Å²) in [6.45, 7) is 8.26. The van der Waals surface area contributed by atoms with Crippen molar-refractivity contribution in [1.29, 1.82) is 5.26 Å². The van der Waals surface area contributed by atoms with Crippen molar-refractivity contribution in [3.05, 3.63) is 58.9 Å². The van der Waals surface area contributed by atoms with Crippen LogP contribution in [0.15, 0.2) is 36.4 Å². The second-order valence-electron chi connectivity index (χ2n) is 6.09. The Hall–Kier alpha value is -2.34. The predicted molar refractivity (Wildman–Crippen MR) is 81.1 cm³/mol. The molecule has 0 radical (unpaired) electrons. The summed E-state index contributed by atoms with van der Waals surface area (Å²) >= 11 is 0. The third kappa shape index (κ3) is 3.41. The van der Waals surface area contributed by atoms with Crippen LogP contribution in [-0.4, -0.2) is 0 Å². The quantitative estimate of drug-likeness (QED) is 0.768. The number of ether oxygens (including phenoxy) is 1. The SMILES string of the molecule is Cc1ccc(C(C)(C)C)cc1Oc1ccc(C#N)cc1F. The summed E-state index contributed by atoms with van der Waals surface area (Å²) in [4.78, 5) is 0. The van der Waals surface area contributed by atoms with Crippen LogP contribution in [0.2, 0.25) is 0 Å². The third-order valence-corrected chi connectivity index (χ3v) is 3.34.